The number of fused-ring (bicyclic) bond motifs is 1. The maximum absolute atomic E-state index is 13.2. The topological polar surface area (TPSA) is 75.7 Å². The molecule has 0 bridgehead atoms. The molecule has 1 aliphatic rings. The Morgan fingerprint density at radius 2 is 2.00 bits per heavy atom. The molecule has 6 nitrogen and oxygen atoms in total. The van der Waals surface area contributed by atoms with Crippen molar-refractivity contribution in [2.24, 2.45) is 0 Å². The van der Waals surface area contributed by atoms with Gasteiger partial charge in [-0.3, -0.25) is 9.52 Å². The molecule has 1 amide bonds. The first-order chi connectivity index (χ1) is 11.8. The monoisotopic (exact) mass is 364 g/mol. The average Bonchev–Trinajstić information content (AvgIpc) is 2.53. The van der Waals surface area contributed by atoms with Gasteiger partial charge in [0.25, 0.3) is 10.0 Å². The molecule has 0 radical (unpaired) electrons. The van der Waals surface area contributed by atoms with Crippen molar-refractivity contribution in [3.05, 3.63) is 47.8 Å². The van der Waals surface area contributed by atoms with Crippen LogP contribution in [-0.4, -0.2) is 27.5 Å². The molecule has 1 N–H and O–H groups in total. The SMILES string of the molecule is CC(=O)N1CCOc2cc(NS(=O)(=O)c3ccc(F)cc3C)ccc21. The van der Waals surface area contributed by atoms with E-state index < -0.39 is 15.8 Å². The van der Waals surface area contributed by atoms with Crippen LogP contribution in [0.4, 0.5) is 15.8 Å². The molecule has 0 unspecified atom stereocenters. The molecular formula is C17H17FN2O4S. The van der Waals surface area contributed by atoms with Gasteiger partial charge in [-0.1, -0.05) is 0 Å². The van der Waals surface area contributed by atoms with Gasteiger partial charge >= 0.3 is 0 Å². The molecular weight excluding hydrogens is 347 g/mol. The zero-order valence-corrected chi connectivity index (χ0v) is 14.6. The van der Waals surface area contributed by atoms with Crippen LogP contribution in [0.5, 0.6) is 5.75 Å². The number of benzene rings is 2. The molecule has 0 saturated heterocycles. The maximum Gasteiger partial charge on any atom is 0.262 e. The number of nitrogens with one attached hydrogen (secondary N) is 1. The fourth-order valence-electron chi connectivity index (χ4n) is 2.74. The summed E-state index contributed by atoms with van der Waals surface area (Å²) in [7, 11) is -3.87. The van der Waals surface area contributed by atoms with Gasteiger partial charge in [0.1, 0.15) is 18.2 Å². The van der Waals surface area contributed by atoms with E-state index in [2.05, 4.69) is 4.72 Å². The molecule has 0 spiro atoms. The Kier molecular flexibility index (Phi) is 4.38. The summed E-state index contributed by atoms with van der Waals surface area (Å²) in [5.74, 6) is -0.180. The highest BCUT2D eigenvalue weighted by molar-refractivity contribution is 7.92. The number of nitrogens with zero attached hydrogens (tertiary/aromatic N) is 1. The van der Waals surface area contributed by atoms with Crippen LogP contribution in [0.2, 0.25) is 0 Å². The van der Waals surface area contributed by atoms with Gasteiger partial charge in [0, 0.05) is 13.0 Å². The maximum atomic E-state index is 13.2. The fourth-order valence-corrected chi connectivity index (χ4v) is 4.01. The summed E-state index contributed by atoms with van der Waals surface area (Å²) in [4.78, 5) is 13.2. The lowest BCUT2D eigenvalue weighted by atomic mass is 10.2. The Bertz CT molecular complexity index is 944. The lowest BCUT2D eigenvalue weighted by molar-refractivity contribution is -0.116. The van der Waals surface area contributed by atoms with Crippen molar-refractivity contribution in [1.82, 2.24) is 0 Å². The van der Waals surface area contributed by atoms with Crippen LogP contribution < -0.4 is 14.4 Å². The van der Waals surface area contributed by atoms with E-state index in [9.17, 15) is 17.6 Å². The molecule has 25 heavy (non-hydrogen) atoms. The van der Waals surface area contributed by atoms with E-state index in [1.807, 2.05) is 0 Å². The number of anilines is 2. The van der Waals surface area contributed by atoms with E-state index in [0.29, 0.717) is 35.8 Å². The summed E-state index contributed by atoms with van der Waals surface area (Å²) < 4.78 is 46.2. The van der Waals surface area contributed by atoms with Crippen molar-refractivity contribution in [3.8, 4) is 5.75 Å². The third kappa shape index (κ3) is 3.43. The number of amides is 1. The summed E-state index contributed by atoms with van der Waals surface area (Å²) >= 11 is 0. The predicted octanol–water partition coefficient (Wildman–Crippen LogP) is 2.68. The highest BCUT2D eigenvalue weighted by Crippen LogP contribution is 2.35. The van der Waals surface area contributed by atoms with Crippen molar-refractivity contribution >= 4 is 27.3 Å². The van der Waals surface area contributed by atoms with E-state index in [4.69, 9.17) is 4.74 Å². The normalized spacial score (nSPS) is 13.8. The van der Waals surface area contributed by atoms with E-state index in [1.165, 1.54) is 26.0 Å². The Labute approximate surface area is 145 Å². The minimum absolute atomic E-state index is 0.00194. The summed E-state index contributed by atoms with van der Waals surface area (Å²) in [6.45, 7) is 3.77. The number of halogens is 1. The lowest BCUT2D eigenvalue weighted by Gasteiger charge is -2.29. The molecule has 2 aromatic rings. The van der Waals surface area contributed by atoms with Crippen LogP contribution in [0.3, 0.4) is 0 Å². The number of carbonyl (C=O) groups excluding carboxylic acids is 1. The van der Waals surface area contributed by atoms with Crippen LogP contribution in [0.15, 0.2) is 41.3 Å². The number of sulfonamides is 1. The van der Waals surface area contributed by atoms with Gasteiger partial charge in [0.05, 0.1) is 22.8 Å². The third-order valence-corrected chi connectivity index (χ3v) is 5.42. The Morgan fingerprint density at radius 3 is 2.68 bits per heavy atom. The van der Waals surface area contributed by atoms with Gasteiger partial charge < -0.3 is 9.64 Å². The van der Waals surface area contributed by atoms with Crippen molar-refractivity contribution < 1.29 is 22.3 Å². The molecule has 2 aromatic carbocycles. The number of hydrogen-bond acceptors (Lipinski definition) is 4. The fraction of sp³-hybridized carbons (Fsp3) is 0.235. The second-order valence-corrected chi connectivity index (χ2v) is 7.37. The average molecular weight is 364 g/mol. The summed E-state index contributed by atoms with van der Waals surface area (Å²) in [6.07, 6.45) is 0. The molecule has 0 aliphatic carbocycles. The van der Waals surface area contributed by atoms with E-state index in [-0.39, 0.29) is 10.8 Å². The number of hydrogen-bond donors (Lipinski definition) is 1. The molecule has 132 valence electrons. The second kappa shape index (κ2) is 6.36. The molecule has 0 fully saturated rings. The quantitative estimate of drug-likeness (QED) is 0.909. The molecule has 8 heteroatoms. The van der Waals surface area contributed by atoms with Crippen LogP contribution >= 0.6 is 0 Å². The zero-order valence-electron chi connectivity index (χ0n) is 13.7. The molecule has 0 saturated carbocycles. The Balaban J connectivity index is 1.92. The standard InChI is InChI=1S/C17H17FN2O4S/c1-11-9-13(18)3-6-17(11)25(22,23)19-14-4-5-15-16(10-14)24-8-7-20(15)12(2)21/h3-6,9-10,19H,7-8H2,1-2H3. The van der Waals surface area contributed by atoms with Gasteiger partial charge in [-0.15, -0.1) is 0 Å². The second-order valence-electron chi connectivity index (χ2n) is 5.72. The molecule has 1 aliphatic heterocycles. The van der Waals surface area contributed by atoms with Crippen LogP contribution in [0, 0.1) is 12.7 Å². The first-order valence-corrected chi connectivity index (χ1v) is 9.10. The van der Waals surface area contributed by atoms with Gasteiger partial charge in [0.15, 0.2) is 0 Å². The van der Waals surface area contributed by atoms with Crippen LogP contribution in [0.25, 0.3) is 0 Å². The number of aryl methyl sites for hydroxylation is 1. The van der Waals surface area contributed by atoms with Crippen molar-refractivity contribution in [3.63, 3.8) is 0 Å². The smallest absolute Gasteiger partial charge is 0.262 e. The number of carbonyl (C=O) groups is 1. The van der Waals surface area contributed by atoms with Gasteiger partial charge in [-0.2, -0.15) is 0 Å². The minimum atomic E-state index is -3.87. The van der Waals surface area contributed by atoms with E-state index in [1.54, 1.807) is 17.0 Å². The summed E-state index contributed by atoms with van der Waals surface area (Å²) in [5.41, 5.74) is 1.21. The van der Waals surface area contributed by atoms with Gasteiger partial charge in [-0.25, -0.2) is 12.8 Å². The third-order valence-electron chi connectivity index (χ3n) is 3.88. The van der Waals surface area contributed by atoms with Crippen molar-refractivity contribution in [1.29, 1.82) is 0 Å². The highest BCUT2D eigenvalue weighted by atomic mass is 32.2. The largest absolute Gasteiger partial charge is 0.489 e. The molecule has 1 heterocycles. The molecule has 0 aromatic heterocycles. The van der Waals surface area contributed by atoms with E-state index >= 15 is 0 Å². The number of rotatable bonds is 3. The minimum Gasteiger partial charge on any atom is -0.489 e. The Hall–Kier alpha value is -2.61. The van der Waals surface area contributed by atoms with Gasteiger partial charge in [-0.05, 0) is 42.8 Å². The first kappa shape index (κ1) is 17.2. The van der Waals surface area contributed by atoms with Crippen molar-refractivity contribution in [2.75, 3.05) is 22.8 Å². The highest BCUT2D eigenvalue weighted by Gasteiger charge is 2.23. The van der Waals surface area contributed by atoms with Gasteiger partial charge in [0.2, 0.25) is 5.91 Å². The van der Waals surface area contributed by atoms with E-state index in [0.717, 1.165) is 12.1 Å². The van der Waals surface area contributed by atoms with Crippen LogP contribution in [-0.2, 0) is 14.8 Å². The predicted molar refractivity (Wildman–Crippen MR) is 91.9 cm³/mol. The first-order valence-electron chi connectivity index (χ1n) is 7.62. The Morgan fingerprint density at radius 1 is 1.24 bits per heavy atom. The van der Waals surface area contributed by atoms with Crippen LogP contribution in [0.1, 0.15) is 12.5 Å². The summed E-state index contributed by atoms with van der Waals surface area (Å²) in [6, 6.07) is 8.20. The molecule has 0 atom stereocenters. The lowest BCUT2D eigenvalue weighted by Crippen LogP contribution is -2.36. The van der Waals surface area contributed by atoms with Crippen molar-refractivity contribution in [2.45, 2.75) is 18.7 Å². The summed E-state index contributed by atoms with van der Waals surface area (Å²) in [5, 5.41) is 0. The molecule has 3 rings (SSSR count). The number of ether oxygens (including phenoxy) is 1. The zero-order chi connectivity index (χ0) is 18.2.